The van der Waals surface area contributed by atoms with Gasteiger partial charge in [-0.1, -0.05) is 26.8 Å². The fourth-order valence-electron chi connectivity index (χ4n) is 3.45. The molecule has 1 aliphatic heterocycles. The van der Waals surface area contributed by atoms with E-state index in [2.05, 4.69) is 46.0 Å². The molecule has 2 heteroatoms. The number of Topliss-reactive ketones (excluding diaryl/α,β-unsaturated/α-hetero) is 1. The molecular formula is C16H25NO. The first-order chi connectivity index (χ1) is 8.23. The van der Waals surface area contributed by atoms with Gasteiger partial charge in [-0.05, 0) is 44.6 Å². The van der Waals surface area contributed by atoms with Gasteiger partial charge in [0.15, 0.2) is 5.78 Å². The van der Waals surface area contributed by atoms with Crippen molar-refractivity contribution in [2.45, 2.75) is 53.5 Å². The summed E-state index contributed by atoms with van der Waals surface area (Å²) < 4.78 is 0. The van der Waals surface area contributed by atoms with Crippen molar-refractivity contribution in [1.29, 1.82) is 0 Å². The highest BCUT2D eigenvalue weighted by atomic mass is 16.1. The Morgan fingerprint density at radius 3 is 2.56 bits per heavy atom. The van der Waals surface area contributed by atoms with E-state index >= 15 is 0 Å². The van der Waals surface area contributed by atoms with E-state index in [0.717, 1.165) is 17.7 Å². The summed E-state index contributed by atoms with van der Waals surface area (Å²) in [7, 11) is 0. The topological polar surface area (TPSA) is 29.1 Å². The van der Waals surface area contributed by atoms with Gasteiger partial charge in [0.05, 0.1) is 0 Å². The number of hydrogen-bond acceptors (Lipinski definition) is 2. The van der Waals surface area contributed by atoms with Crippen LogP contribution in [-0.2, 0) is 4.79 Å². The van der Waals surface area contributed by atoms with Crippen LogP contribution in [0.15, 0.2) is 22.9 Å². The minimum absolute atomic E-state index is 0.0573. The molecule has 2 nitrogen and oxygen atoms in total. The first-order valence-corrected chi connectivity index (χ1v) is 6.97. The van der Waals surface area contributed by atoms with Crippen molar-refractivity contribution in [1.82, 2.24) is 5.32 Å². The summed E-state index contributed by atoms with van der Waals surface area (Å²) >= 11 is 0. The number of rotatable bonds is 1. The summed E-state index contributed by atoms with van der Waals surface area (Å²) in [5, 5.41) is 3.47. The Labute approximate surface area is 111 Å². The van der Waals surface area contributed by atoms with Crippen LogP contribution in [-0.4, -0.2) is 11.3 Å². The fraction of sp³-hybridized carbons (Fsp3) is 0.688. The van der Waals surface area contributed by atoms with E-state index in [-0.39, 0.29) is 11.5 Å². The Hall–Kier alpha value is -1.05. The quantitative estimate of drug-likeness (QED) is 0.769. The van der Waals surface area contributed by atoms with Gasteiger partial charge in [-0.2, -0.15) is 0 Å². The number of carbonyl (C=O) groups is 1. The van der Waals surface area contributed by atoms with Gasteiger partial charge in [-0.15, -0.1) is 0 Å². The van der Waals surface area contributed by atoms with Gasteiger partial charge in [0, 0.05) is 22.7 Å². The molecule has 2 atom stereocenters. The fourth-order valence-corrected chi connectivity index (χ4v) is 3.45. The summed E-state index contributed by atoms with van der Waals surface area (Å²) in [6.45, 7) is 12.9. The number of carbonyl (C=O) groups excluding carboxylic acids is 1. The molecule has 0 aromatic heterocycles. The van der Waals surface area contributed by atoms with Crippen LogP contribution in [0.2, 0.25) is 0 Å². The molecule has 1 N–H and O–H groups in total. The normalized spacial score (nSPS) is 31.1. The molecular weight excluding hydrogens is 222 g/mol. The maximum absolute atomic E-state index is 12.6. The van der Waals surface area contributed by atoms with Crippen LogP contribution in [0.25, 0.3) is 0 Å². The predicted octanol–water partition coefficient (Wildman–Crippen LogP) is 3.45. The second-order valence-corrected chi connectivity index (χ2v) is 6.85. The lowest BCUT2D eigenvalue weighted by Crippen LogP contribution is -2.45. The molecule has 1 heterocycles. The third kappa shape index (κ3) is 2.13. The molecule has 0 saturated carbocycles. The average molecular weight is 247 g/mol. The molecule has 0 aromatic carbocycles. The third-order valence-corrected chi connectivity index (χ3v) is 4.26. The van der Waals surface area contributed by atoms with E-state index < -0.39 is 0 Å². The Kier molecular flexibility index (Phi) is 3.16. The SMILES string of the molecule is CC1=C2C(=O)C(C)C(C(C)C)C=C2CC(C)(C)N1. The van der Waals surface area contributed by atoms with Gasteiger partial charge in [0.2, 0.25) is 0 Å². The molecule has 1 aliphatic carbocycles. The molecule has 100 valence electrons. The zero-order chi connectivity index (χ0) is 13.7. The van der Waals surface area contributed by atoms with Crippen LogP contribution in [0.4, 0.5) is 0 Å². The van der Waals surface area contributed by atoms with Crippen molar-refractivity contribution >= 4 is 5.78 Å². The zero-order valence-corrected chi connectivity index (χ0v) is 12.4. The Morgan fingerprint density at radius 2 is 2.00 bits per heavy atom. The van der Waals surface area contributed by atoms with Crippen LogP contribution in [0.3, 0.4) is 0 Å². The van der Waals surface area contributed by atoms with Crippen molar-refractivity contribution in [2.24, 2.45) is 17.8 Å². The van der Waals surface area contributed by atoms with Crippen molar-refractivity contribution in [3.8, 4) is 0 Å². The van der Waals surface area contributed by atoms with Gasteiger partial charge >= 0.3 is 0 Å². The molecule has 18 heavy (non-hydrogen) atoms. The minimum Gasteiger partial charge on any atom is -0.383 e. The molecule has 2 unspecified atom stereocenters. The Morgan fingerprint density at radius 1 is 1.39 bits per heavy atom. The summed E-state index contributed by atoms with van der Waals surface area (Å²) in [6.07, 6.45) is 3.31. The second kappa shape index (κ2) is 4.25. The van der Waals surface area contributed by atoms with Crippen LogP contribution < -0.4 is 5.32 Å². The number of hydrogen-bond donors (Lipinski definition) is 1. The summed E-state index contributed by atoms with van der Waals surface area (Å²) in [5.41, 5.74) is 3.33. The second-order valence-electron chi connectivity index (χ2n) is 6.85. The average Bonchev–Trinajstić information content (AvgIpc) is 2.20. The maximum Gasteiger partial charge on any atom is 0.168 e. The lowest BCUT2D eigenvalue weighted by molar-refractivity contribution is -0.120. The number of fused-ring (bicyclic) bond motifs is 1. The zero-order valence-electron chi connectivity index (χ0n) is 12.4. The lowest BCUT2D eigenvalue weighted by Gasteiger charge is -2.40. The van der Waals surface area contributed by atoms with Crippen LogP contribution in [0.5, 0.6) is 0 Å². The number of nitrogens with one attached hydrogen (secondary N) is 1. The van der Waals surface area contributed by atoms with Gasteiger partial charge in [0.25, 0.3) is 0 Å². The van der Waals surface area contributed by atoms with E-state index in [1.54, 1.807) is 0 Å². The summed E-state index contributed by atoms with van der Waals surface area (Å²) in [4.78, 5) is 12.6. The minimum atomic E-state index is 0.0573. The molecule has 0 amide bonds. The largest absolute Gasteiger partial charge is 0.383 e. The first-order valence-electron chi connectivity index (χ1n) is 6.97. The summed E-state index contributed by atoms with van der Waals surface area (Å²) in [6, 6.07) is 0. The highest BCUT2D eigenvalue weighted by Crippen LogP contribution is 2.40. The molecule has 0 radical (unpaired) electrons. The molecule has 0 bridgehead atoms. The van der Waals surface area contributed by atoms with Crippen molar-refractivity contribution in [3.63, 3.8) is 0 Å². The molecule has 0 aromatic rings. The highest BCUT2D eigenvalue weighted by Gasteiger charge is 2.39. The Balaban J connectivity index is 2.50. The predicted molar refractivity (Wildman–Crippen MR) is 75.1 cm³/mol. The van der Waals surface area contributed by atoms with Gasteiger partial charge in [-0.25, -0.2) is 0 Å². The molecule has 2 aliphatic rings. The molecule has 0 saturated heterocycles. The van der Waals surface area contributed by atoms with Crippen LogP contribution >= 0.6 is 0 Å². The van der Waals surface area contributed by atoms with Gasteiger partial charge in [0.1, 0.15) is 0 Å². The van der Waals surface area contributed by atoms with Crippen molar-refractivity contribution < 1.29 is 4.79 Å². The van der Waals surface area contributed by atoms with Crippen LogP contribution in [0, 0.1) is 17.8 Å². The Bertz CT molecular complexity index is 440. The highest BCUT2D eigenvalue weighted by molar-refractivity contribution is 6.03. The molecule has 0 spiro atoms. The van der Waals surface area contributed by atoms with E-state index in [1.807, 2.05) is 6.92 Å². The van der Waals surface area contributed by atoms with E-state index in [4.69, 9.17) is 0 Å². The van der Waals surface area contributed by atoms with E-state index in [1.165, 1.54) is 5.57 Å². The van der Waals surface area contributed by atoms with Crippen molar-refractivity contribution in [2.75, 3.05) is 0 Å². The van der Waals surface area contributed by atoms with E-state index in [0.29, 0.717) is 17.6 Å². The van der Waals surface area contributed by atoms with Crippen molar-refractivity contribution in [3.05, 3.63) is 22.9 Å². The molecule has 0 fully saturated rings. The number of allylic oxidation sites excluding steroid dienone is 3. The third-order valence-electron chi connectivity index (χ3n) is 4.26. The lowest BCUT2D eigenvalue weighted by atomic mass is 9.69. The smallest absolute Gasteiger partial charge is 0.168 e. The number of ketones is 1. The molecule has 2 rings (SSSR count). The van der Waals surface area contributed by atoms with Crippen LogP contribution in [0.1, 0.15) is 48.0 Å². The summed E-state index contributed by atoms with van der Waals surface area (Å²) in [5.74, 6) is 1.35. The maximum atomic E-state index is 12.6. The van der Waals surface area contributed by atoms with E-state index in [9.17, 15) is 4.79 Å². The standard InChI is InChI=1S/C16H25NO/c1-9(2)13-7-12-8-16(5,6)17-11(4)14(12)15(18)10(13)3/h7,9-10,13,17H,8H2,1-6H3. The van der Waals surface area contributed by atoms with Gasteiger partial charge < -0.3 is 5.32 Å². The van der Waals surface area contributed by atoms with Gasteiger partial charge in [-0.3, -0.25) is 4.79 Å². The monoisotopic (exact) mass is 247 g/mol. The first kappa shape index (κ1) is 13.4.